The largest absolute Gasteiger partial charge is 0.478 e. The summed E-state index contributed by atoms with van der Waals surface area (Å²) < 4.78 is 0. The van der Waals surface area contributed by atoms with Crippen molar-refractivity contribution in [3.63, 3.8) is 0 Å². The fourth-order valence-electron chi connectivity index (χ4n) is 2.36. The summed E-state index contributed by atoms with van der Waals surface area (Å²) in [5, 5.41) is 8.98. The molecule has 0 radical (unpaired) electrons. The predicted molar refractivity (Wildman–Crippen MR) is 72.4 cm³/mol. The van der Waals surface area contributed by atoms with Gasteiger partial charge in [0.2, 0.25) is 0 Å². The molecule has 0 spiro atoms. The van der Waals surface area contributed by atoms with Crippen molar-refractivity contribution >= 4 is 17.8 Å². The maximum absolute atomic E-state index is 12.3. The highest BCUT2D eigenvalue weighted by atomic mass is 16.4. The molecule has 0 saturated carbocycles. The SMILES string of the molecule is C=Cc1ccc2c(c1)C(=O)c1cc(C(=O)O)ccc1-2. The van der Waals surface area contributed by atoms with Crippen LogP contribution in [0.2, 0.25) is 0 Å². The van der Waals surface area contributed by atoms with Gasteiger partial charge in [-0.2, -0.15) is 0 Å². The molecule has 0 amide bonds. The number of benzene rings is 2. The second-order valence-electron chi connectivity index (χ2n) is 4.40. The summed E-state index contributed by atoms with van der Waals surface area (Å²) in [7, 11) is 0. The van der Waals surface area contributed by atoms with Gasteiger partial charge in [0.15, 0.2) is 5.78 Å². The minimum absolute atomic E-state index is 0.128. The van der Waals surface area contributed by atoms with Crippen molar-refractivity contribution in [2.75, 3.05) is 0 Å². The fraction of sp³-hybridized carbons (Fsp3) is 0. The molecule has 1 N–H and O–H groups in total. The van der Waals surface area contributed by atoms with Crippen LogP contribution in [-0.4, -0.2) is 16.9 Å². The van der Waals surface area contributed by atoms with Crippen LogP contribution in [0.5, 0.6) is 0 Å². The van der Waals surface area contributed by atoms with Crippen molar-refractivity contribution in [2.24, 2.45) is 0 Å². The first kappa shape index (κ1) is 11.4. The van der Waals surface area contributed by atoms with Crippen molar-refractivity contribution in [1.29, 1.82) is 0 Å². The molecule has 3 rings (SSSR count). The fourth-order valence-corrected chi connectivity index (χ4v) is 2.36. The Morgan fingerprint density at radius 2 is 1.63 bits per heavy atom. The first-order valence-electron chi connectivity index (χ1n) is 5.80. The number of hydrogen-bond donors (Lipinski definition) is 1. The number of rotatable bonds is 2. The second-order valence-corrected chi connectivity index (χ2v) is 4.40. The van der Waals surface area contributed by atoms with E-state index in [1.165, 1.54) is 12.1 Å². The van der Waals surface area contributed by atoms with Crippen LogP contribution < -0.4 is 0 Å². The van der Waals surface area contributed by atoms with E-state index in [1.54, 1.807) is 18.2 Å². The van der Waals surface area contributed by atoms with Crippen LogP contribution in [0, 0.1) is 0 Å². The first-order valence-corrected chi connectivity index (χ1v) is 5.80. The van der Waals surface area contributed by atoms with Gasteiger partial charge < -0.3 is 5.11 Å². The molecule has 0 atom stereocenters. The lowest BCUT2D eigenvalue weighted by atomic mass is 10.0. The normalized spacial score (nSPS) is 11.9. The molecule has 0 heterocycles. The Labute approximate surface area is 109 Å². The van der Waals surface area contributed by atoms with Crippen LogP contribution in [0.15, 0.2) is 43.0 Å². The Morgan fingerprint density at radius 1 is 1.00 bits per heavy atom. The molecule has 1 aliphatic carbocycles. The Kier molecular flexibility index (Phi) is 2.35. The van der Waals surface area contributed by atoms with Crippen LogP contribution in [-0.2, 0) is 0 Å². The van der Waals surface area contributed by atoms with E-state index in [9.17, 15) is 9.59 Å². The third-order valence-electron chi connectivity index (χ3n) is 3.33. The Hall–Kier alpha value is -2.68. The quantitative estimate of drug-likeness (QED) is 0.759. The molecule has 0 aromatic heterocycles. The number of carbonyl (C=O) groups is 2. The summed E-state index contributed by atoms with van der Waals surface area (Å²) in [6.45, 7) is 3.68. The molecule has 2 aromatic carbocycles. The molecule has 0 saturated heterocycles. The van der Waals surface area contributed by atoms with Crippen molar-refractivity contribution in [3.8, 4) is 11.1 Å². The molecular formula is C16H10O3. The van der Waals surface area contributed by atoms with Crippen LogP contribution in [0.4, 0.5) is 0 Å². The zero-order valence-electron chi connectivity index (χ0n) is 10.0. The zero-order chi connectivity index (χ0) is 13.6. The number of aromatic carboxylic acids is 1. The summed E-state index contributed by atoms with van der Waals surface area (Å²) >= 11 is 0. The average Bonchev–Trinajstić information content (AvgIpc) is 2.71. The molecule has 0 bridgehead atoms. The topological polar surface area (TPSA) is 54.4 Å². The number of hydrogen-bond acceptors (Lipinski definition) is 2. The van der Waals surface area contributed by atoms with Gasteiger partial charge in [0, 0.05) is 11.1 Å². The number of fused-ring (bicyclic) bond motifs is 3. The van der Waals surface area contributed by atoms with Gasteiger partial charge in [-0.1, -0.05) is 30.9 Å². The van der Waals surface area contributed by atoms with E-state index in [2.05, 4.69) is 6.58 Å². The molecule has 0 aliphatic heterocycles. The number of ketones is 1. The van der Waals surface area contributed by atoms with Crippen LogP contribution in [0.3, 0.4) is 0 Å². The van der Waals surface area contributed by atoms with E-state index < -0.39 is 5.97 Å². The van der Waals surface area contributed by atoms with Crippen molar-refractivity contribution in [3.05, 3.63) is 65.2 Å². The number of carboxylic acid groups (broad SMARTS) is 1. The van der Waals surface area contributed by atoms with Gasteiger partial charge >= 0.3 is 5.97 Å². The smallest absolute Gasteiger partial charge is 0.335 e. The highest BCUT2D eigenvalue weighted by molar-refractivity contribution is 6.22. The predicted octanol–water partition coefficient (Wildman–Crippen LogP) is 3.24. The van der Waals surface area contributed by atoms with Crippen molar-refractivity contribution in [1.82, 2.24) is 0 Å². The molecule has 0 unspecified atom stereocenters. The first-order chi connectivity index (χ1) is 9.11. The van der Waals surface area contributed by atoms with E-state index in [0.717, 1.165) is 16.7 Å². The van der Waals surface area contributed by atoms with E-state index in [1.807, 2.05) is 12.1 Å². The Balaban J connectivity index is 2.23. The molecule has 2 aromatic rings. The molecule has 92 valence electrons. The van der Waals surface area contributed by atoms with Crippen LogP contribution in [0.1, 0.15) is 31.8 Å². The monoisotopic (exact) mass is 250 g/mol. The van der Waals surface area contributed by atoms with Gasteiger partial charge in [0.05, 0.1) is 5.56 Å². The zero-order valence-corrected chi connectivity index (χ0v) is 10.0. The van der Waals surface area contributed by atoms with E-state index in [0.29, 0.717) is 11.1 Å². The van der Waals surface area contributed by atoms with Gasteiger partial charge in [0.25, 0.3) is 0 Å². The van der Waals surface area contributed by atoms with Gasteiger partial charge in [-0.15, -0.1) is 0 Å². The third kappa shape index (κ3) is 1.59. The van der Waals surface area contributed by atoms with Crippen LogP contribution >= 0.6 is 0 Å². The summed E-state index contributed by atoms with van der Waals surface area (Å²) in [5.74, 6) is -1.16. The highest BCUT2D eigenvalue weighted by Crippen LogP contribution is 2.37. The summed E-state index contributed by atoms with van der Waals surface area (Å²) in [5.41, 5.74) is 3.71. The molecule has 1 aliphatic rings. The van der Waals surface area contributed by atoms with Crippen molar-refractivity contribution < 1.29 is 14.7 Å². The standard InChI is InChI=1S/C16H10O3/c1-2-9-3-5-11-12-6-4-10(16(18)19)8-14(12)15(17)13(11)7-9/h2-8H,1H2,(H,18,19). The average molecular weight is 250 g/mol. The number of carboxylic acids is 1. The minimum Gasteiger partial charge on any atom is -0.478 e. The lowest BCUT2D eigenvalue weighted by molar-refractivity contribution is 0.0697. The maximum Gasteiger partial charge on any atom is 0.335 e. The maximum atomic E-state index is 12.3. The summed E-state index contributed by atoms with van der Waals surface area (Å²) in [6, 6.07) is 10.2. The molecule has 3 heteroatoms. The molecule has 3 nitrogen and oxygen atoms in total. The summed E-state index contributed by atoms with van der Waals surface area (Å²) in [6.07, 6.45) is 1.68. The van der Waals surface area contributed by atoms with Gasteiger partial charge in [-0.3, -0.25) is 4.79 Å². The number of carbonyl (C=O) groups excluding carboxylic acids is 1. The van der Waals surface area contributed by atoms with E-state index in [4.69, 9.17) is 5.11 Å². The van der Waals surface area contributed by atoms with Gasteiger partial charge in [-0.05, 0) is 34.9 Å². The lowest BCUT2D eigenvalue weighted by Crippen LogP contribution is -2.00. The summed E-state index contributed by atoms with van der Waals surface area (Å²) in [4.78, 5) is 23.3. The molecule has 19 heavy (non-hydrogen) atoms. The second kappa shape index (κ2) is 3.92. The van der Waals surface area contributed by atoms with Crippen LogP contribution in [0.25, 0.3) is 17.2 Å². The van der Waals surface area contributed by atoms with Gasteiger partial charge in [-0.25, -0.2) is 4.79 Å². The van der Waals surface area contributed by atoms with E-state index in [-0.39, 0.29) is 11.3 Å². The lowest BCUT2D eigenvalue weighted by Gasteiger charge is -2.01. The van der Waals surface area contributed by atoms with E-state index >= 15 is 0 Å². The highest BCUT2D eigenvalue weighted by Gasteiger charge is 2.27. The third-order valence-corrected chi connectivity index (χ3v) is 3.33. The molecule has 0 fully saturated rings. The Morgan fingerprint density at radius 3 is 2.26 bits per heavy atom. The minimum atomic E-state index is -1.03. The van der Waals surface area contributed by atoms with Gasteiger partial charge in [0.1, 0.15) is 0 Å². The molecular weight excluding hydrogens is 240 g/mol. The Bertz CT molecular complexity index is 742. The van der Waals surface area contributed by atoms with Crippen molar-refractivity contribution in [2.45, 2.75) is 0 Å².